The molecule has 0 aliphatic carbocycles. The molecule has 116 valence electrons. The Morgan fingerprint density at radius 2 is 2.09 bits per heavy atom. The van der Waals surface area contributed by atoms with Gasteiger partial charge in [-0.15, -0.1) is 11.8 Å². The minimum absolute atomic E-state index is 0.0827. The summed E-state index contributed by atoms with van der Waals surface area (Å²) < 4.78 is 8.25. The van der Waals surface area contributed by atoms with Gasteiger partial charge in [-0.05, 0) is 30.3 Å². The highest BCUT2D eigenvalue weighted by Crippen LogP contribution is 2.38. The SMILES string of the molecule is COCCN1C(=O)CSC1c1ccn(-c2ccc(Br)cc2)c1. The number of rotatable bonds is 5. The van der Waals surface area contributed by atoms with Crippen LogP contribution in [0.5, 0.6) is 0 Å². The van der Waals surface area contributed by atoms with Crippen LogP contribution in [0, 0.1) is 0 Å². The van der Waals surface area contributed by atoms with Crippen LogP contribution in [0.2, 0.25) is 0 Å². The van der Waals surface area contributed by atoms with Crippen LogP contribution in [-0.2, 0) is 9.53 Å². The molecule has 1 aliphatic rings. The summed E-state index contributed by atoms with van der Waals surface area (Å²) in [6.07, 6.45) is 4.13. The molecule has 1 atom stereocenters. The van der Waals surface area contributed by atoms with Gasteiger partial charge >= 0.3 is 0 Å². The van der Waals surface area contributed by atoms with E-state index < -0.39 is 0 Å². The monoisotopic (exact) mass is 380 g/mol. The zero-order valence-electron chi connectivity index (χ0n) is 12.2. The smallest absolute Gasteiger partial charge is 0.233 e. The molecule has 1 unspecified atom stereocenters. The Hall–Kier alpha value is -1.24. The van der Waals surface area contributed by atoms with E-state index in [1.54, 1.807) is 18.9 Å². The summed E-state index contributed by atoms with van der Waals surface area (Å²) >= 11 is 5.12. The maximum Gasteiger partial charge on any atom is 0.233 e. The van der Waals surface area contributed by atoms with Gasteiger partial charge in [-0.25, -0.2) is 0 Å². The van der Waals surface area contributed by atoms with Gasteiger partial charge in [0.1, 0.15) is 5.37 Å². The molecule has 2 heterocycles. The number of amides is 1. The molecule has 22 heavy (non-hydrogen) atoms. The molecule has 0 spiro atoms. The Morgan fingerprint density at radius 1 is 1.32 bits per heavy atom. The second-order valence-electron chi connectivity index (χ2n) is 5.07. The molecule has 4 nitrogen and oxygen atoms in total. The fraction of sp³-hybridized carbons (Fsp3) is 0.312. The topological polar surface area (TPSA) is 34.5 Å². The molecule has 1 aromatic carbocycles. The van der Waals surface area contributed by atoms with Gasteiger partial charge in [0, 0.05) is 41.8 Å². The number of benzene rings is 1. The van der Waals surface area contributed by atoms with Gasteiger partial charge in [0.15, 0.2) is 0 Å². The fourth-order valence-corrected chi connectivity index (χ4v) is 3.96. The second kappa shape index (κ2) is 6.89. The van der Waals surface area contributed by atoms with Gasteiger partial charge in [-0.1, -0.05) is 15.9 Å². The van der Waals surface area contributed by atoms with E-state index in [2.05, 4.69) is 44.9 Å². The lowest BCUT2D eigenvalue weighted by Crippen LogP contribution is -2.31. The Morgan fingerprint density at radius 3 is 2.82 bits per heavy atom. The Balaban J connectivity index is 1.80. The van der Waals surface area contributed by atoms with Crippen LogP contribution < -0.4 is 0 Å². The second-order valence-corrected chi connectivity index (χ2v) is 7.06. The van der Waals surface area contributed by atoms with E-state index in [-0.39, 0.29) is 11.3 Å². The first-order valence-electron chi connectivity index (χ1n) is 7.03. The van der Waals surface area contributed by atoms with Gasteiger partial charge in [-0.2, -0.15) is 0 Å². The van der Waals surface area contributed by atoms with Gasteiger partial charge in [0.25, 0.3) is 0 Å². The van der Waals surface area contributed by atoms with Crippen LogP contribution in [0.15, 0.2) is 47.2 Å². The van der Waals surface area contributed by atoms with E-state index in [1.165, 1.54) is 0 Å². The summed E-state index contributed by atoms with van der Waals surface area (Å²) in [5.41, 5.74) is 2.25. The van der Waals surface area contributed by atoms with Crippen molar-refractivity contribution >= 4 is 33.6 Å². The number of aromatic nitrogens is 1. The van der Waals surface area contributed by atoms with Gasteiger partial charge in [0.05, 0.1) is 12.4 Å². The van der Waals surface area contributed by atoms with Crippen LogP contribution in [0.25, 0.3) is 5.69 Å². The first-order valence-corrected chi connectivity index (χ1v) is 8.87. The molecule has 0 saturated carbocycles. The molecule has 0 bridgehead atoms. The third-order valence-corrected chi connectivity index (χ3v) is 5.41. The highest BCUT2D eigenvalue weighted by molar-refractivity contribution is 9.10. The lowest BCUT2D eigenvalue weighted by Gasteiger charge is -2.22. The largest absolute Gasteiger partial charge is 0.383 e. The molecule has 1 aliphatic heterocycles. The molecule has 2 aromatic rings. The molecule has 6 heteroatoms. The fourth-order valence-electron chi connectivity index (χ4n) is 2.49. The van der Waals surface area contributed by atoms with Crippen LogP contribution in [0.4, 0.5) is 0 Å². The normalized spacial score (nSPS) is 18.2. The van der Waals surface area contributed by atoms with Crippen molar-refractivity contribution in [1.29, 1.82) is 0 Å². The number of hydrogen-bond acceptors (Lipinski definition) is 3. The molecule has 0 N–H and O–H groups in total. The predicted molar refractivity (Wildman–Crippen MR) is 92.3 cm³/mol. The first kappa shape index (κ1) is 15.6. The number of methoxy groups -OCH3 is 1. The molecule has 3 rings (SSSR count). The molecule has 1 amide bonds. The molecule has 1 saturated heterocycles. The molecule has 0 radical (unpaired) electrons. The third-order valence-electron chi connectivity index (χ3n) is 3.63. The molecule has 1 aromatic heterocycles. The number of nitrogens with zero attached hydrogens (tertiary/aromatic N) is 2. The van der Waals surface area contributed by atoms with E-state index in [0.717, 1.165) is 15.7 Å². The van der Waals surface area contributed by atoms with Gasteiger partial charge in [-0.3, -0.25) is 4.79 Å². The number of halogens is 1. The van der Waals surface area contributed by atoms with Crippen molar-refractivity contribution in [2.24, 2.45) is 0 Å². The molecule has 1 fully saturated rings. The van der Waals surface area contributed by atoms with E-state index in [9.17, 15) is 4.79 Å². The summed E-state index contributed by atoms with van der Waals surface area (Å²) in [7, 11) is 1.66. The Kier molecular flexibility index (Phi) is 4.90. The van der Waals surface area contributed by atoms with Crippen LogP contribution >= 0.6 is 27.7 Å². The van der Waals surface area contributed by atoms with E-state index in [1.807, 2.05) is 23.2 Å². The van der Waals surface area contributed by atoms with E-state index in [0.29, 0.717) is 18.9 Å². The maximum atomic E-state index is 12.0. The van der Waals surface area contributed by atoms with Crippen molar-refractivity contribution in [3.63, 3.8) is 0 Å². The maximum absolute atomic E-state index is 12.0. The number of carbonyl (C=O) groups excluding carboxylic acids is 1. The quantitative estimate of drug-likeness (QED) is 0.796. The molecular weight excluding hydrogens is 364 g/mol. The zero-order valence-corrected chi connectivity index (χ0v) is 14.6. The van der Waals surface area contributed by atoms with E-state index >= 15 is 0 Å². The summed E-state index contributed by atoms with van der Waals surface area (Å²) in [6, 6.07) is 10.2. The lowest BCUT2D eigenvalue weighted by atomic mass is 10.3. The van der Waals surface area contributed by atoms with Crippen molar-refractivity contribution in [1.82, 2.24) is 9.47 Å². The Labute approximate surface area is 142 Å². The highest BCUT2D eigenvalue weighted by Gasteiger charge is 2.32. The standard InChI is InChI=1S/C16H17BrN2O2S/c1-21-9-8-19-15(20)11-22-16(19)12-6-7-18(10-12)14-4-2-13(17)3-5-14/h2-7,10,16H,8-9,11H2,1H3. The number of carbonyl (C=O) groups is 1. The van der Waals surface area contributed by atoms with Gasteiger partial charge < -0.3 is 14.2 Å². The van der Waals surface area contributed by atoms with Gasteiger partial charge in [0.2, 0.25) is 5.91 Å². The predicted octanol–water partition coefficient (Wildman–Crippen LogP) is 3.46. The summed E-state index contributed by atoms with van der Waals surface area (Å²) in [5, 5.41) is 0.0827. The Bertz CT molecular complexity index is 656. The number of thioether (sulfide) groups is 1. The van der Waals surface area contributed by atoms with Crippen molar-refractivity contribution in [2.45, 2.75) is 5.37 Å². The highest BCUT2D eigenvalue weighted by atomic mass is 79.9. The number of hydrogen-bond donors (Lipinski definition) is 0. The average molecular weight is 381 g/mol. The summed E-state index contributed by atoms with van der Waals surface area (Å²) in [5.74, 6) is 0.723. The van der Waals surface area contributed by atoms with Crippen molar-refractivity contribution < 1.29 is 9.53 Å². The zero-order chi connectivity index (χ0) is 15.5. The minimum atomic E-state index is 0.0827. The van der Waals surface area contributed by atoms with E-state index in [4.69, 9.17) is 4.74 Å². The third kappa shape index (κ3) is 3.24. The summed E-state index contributed by atoms with van der Waals surface area (Å²) in [4.78, 5) is 13.9. The van der Waals surface area contributed by atoms with Crippen molar-refractivity contribution in [2.75, 3.05) is 26.0 Å². The first-order chi connectivity index (χ1) is 10.7. The number of ether oxygens (including phenoxy) is 1. The van der Waals surface area contributed by atoms with Crippen LogP contribution in [-0.4, -0.2) is 41.4 Å². The lowest BCUT2D eigenvalue weighted by molar-refractivity contribution is -0.128. The van der Waals surface area contributed by atoms with Crippen LogP contribution in [0.1, 0.15) is 10.9 Å². The summed E-state index contributed by atoms with van der Waals surface area (Å²) in [6.45, 7) is 1.20. The minimum Gasteiger partial charge on any atom is -0.383 e. The average Bonchev–Trinajstić information content (AvgIpc) is 3.13. The molecular formula is C16H17BrN2O2S. The van der Waals surface area contributed by atoms with Crippen LogP contribution in [0.3, 0.4) is 0 Å². The van der Waals surface area contributed by atoms with Crippen molar-refractivity contribution in [3.05, 3.63) is 52.8 Å². The van der Waals surface area contributed by atoms with Crippen molar-refractivity contribution in [3.8, 4) is 5.69 Å².